The van der Waals surface area contributed by atoms with E-state index in [1.165, 1.54) is 9.87 Å². The van der Waals surface area contributed by atoms with Gasteiger partial charge in [-0.05, 0) is 48.6 Å². The van der Waals surface area contributed by atoms with Crippen LogP contribution in [0.25, 0.3) is 0 Å². The molecule has 0 amide bonds. The molecule has 6 nitrogen and oxygen atoms in total. The zero-order valence-corrected chi connectivity index (χ0v) is 17.1. The van der Waals surface area contributed by atoms with Gasteiger partial charge in [-0.3, -0.25) is 4.79 Å². The number of nitrogens with zero attached hydrogens (tertiary/aromatic N) is 1. The summed E-state index contributed by atoms with van der Waals surface area (Å²) in [5, 5.41) is 0. The van der Waals surface area contributed by atoms with Gasteiger partial charge in [-0.1, -0.05) is 30.3 Å². The fourth-order valence-electron chi connectivity index (χ4n) is 3.92. The maximum Gasteiger partial charge on any atom is 0.324 e. The molecule has 0 saturated carbocycles. The van der Waals surface area contributed by atoms with Crippen LogP contribution in [-0.4, -0.2) is 44.5 Å². The molecular weight excluding hydrogens is 390 g/mol. The van der Waals surface area contributed by atoms with Crippen molar-refractivity contribution >= 4 is 16.0 Å². The number of carbonyl (C=O) groups is 1. The Labute approximate surface area is 171 Å². The molecular formula is C22H25NO5S. The molecule has 29 heavy (non-hydrogen) atoms. The molecule has 0 radical (unpaired) electrons. The summed E-state index contributed by atoms with van der Waals surface area (Å²) in [4.78, 5) is 12.9. The van der Waals surface area contributed by atoms with Crippen molar-refractivity contribution in [1.29, 1.82) is 0 Å². The van der Waals surface area contributed by atoms with E-state index in [0.29, 0.717) is 26.0 Å². The van der Waals surface area contributed by atoms with Gasteiger partial charge in [-0.15, -0.1) is 0 Å². The van der Waals surface area contributed by atoms with Crippen LogP contribution in [0, 0.1) is 0 Å². The molecule has 154 valence electrons. The highest BCUT2D eigenvalue weighted by Gasteiger charge is 2.38. The lowest BCUT2D eigenvalue weighted by atomic mass is 10.1. The first-order chi connectivity index (χ1) is 14.1. The Balaban J connectivity index is 1.40. The number of piperidine rings is 1. The number of hydrogen-bond acceptors (Lipinski definition) is 5. The van der Waals surface area contributed by atoms with Crippen LogP contribution in [0.2, 0.25) is 0 Å². The summed E-state index contributed by atoms with van der Waals surface area (Å²) in [6.07, 6.45) is 3.54. The topological polar surface area (TPSA) is 72.9 Å². The average Bonchev–Trinajstić information content (AvgIpc) is 3.22. The lowest BCUT2D eigenvalue weighted by molar-refractivity contribution is -0.149. The minimum atomic E-state index is -3.72. The summed E-state index contributed by atoms with van der Waals surface area (Å²) in [5.74, 6) is 0.461. The maximum absolute atomic E-state index is 13.0. The van der Waals surface area contributed by atoms with E-state index in [1.54, 1.807) is 30.3 Å². The zero-order valence-electron chi connectivity index (χ0n) is 16.2. The minimum absolute atomic E-state index is 0.208. The summed E-state index contributed by atoms with van der Waals surface area (Å²) in [5.41, 5.74) is 2.26. The number of ether oxygens (including phenoxy) is 2. The van der Waals surface area contributed by atoms with Gasteiger partial charge in [0.15, 0.2) is 0 Å². The molecule has 1 saturated heterocycles. The Bertz CT molecular complexity index is 974. The number of esters is 1. The molecule has 1 unspecified atom stereocenters. The summed E-state index contributed by atoms with van der Waals surface area (Å²) >= 11 is 0. The van der Waals surface area contributed by atoms with Crippen molar-refractivity contribution in [3.63, 3.8) is 0 Å². The first kappa shape index (κ1) is 19.9. The van der Waals surface area contributed by atoms with Crippen LogP contribution in [0.1, 0.15) is 30.4 Å². The summed E-state index contributed by atoms with van der Waals surface area (Å²) in [6, 6.07) is 13.5. The number of hydrogen-bond donors (Lipinski definition) is 0. The third kappa shape index (κ3) is 4.31. The third-order valence-corrected chi connectivity index (χ3v) is 7.39. The first-order valence-electron chi connectivity index (χ1n) is 10.0. The van der Waals surface area contributed by atoms with Gasteiger partial charge in [0.25, 0.3) is 0 Å². The predicted molar refractivity (Wildman–Crippen MR) is 108 cm³/mol. The Morgan fingerprint density at radius 3 is 2.79 bits per heavy atom. The van der Waals surface area contributed by atoms with Crippen LogP contribution >= 0.6 is 0 Å². The van der Waals surface area contributed by atoms with Crippen molar-refractivity contribution < 1.29 is 22.7 Å². The smallest absolute Gasteiger partial charge is 0.324 e. The number of benzene rings is 2. The second-order valence-corrected chi connectivity index (χ2v) is 9.29. The number of carbonyl (C=O) groups excluding carboxylic acids is 1. The predicted octanol–water partition coefficient (Wildman–Crippen LogP) is 2.95. The van der Waals surface area contributed by atoms with Gasteiger partial charge in [-0.25, -0.2) is 8.42 Å². The molecule has 2 aromatic carbocycles. The fraction of sp³-hybridized carbons (Fsp3) is 0.409. The van der Waals surface area contributed by atoms with Crippen LogP contribution in [0.15, 0.2) is 53.4 Å². The van der Waals surface area contributed by atoms with Gasteiger partial charge in [0, 0.05) is 19.4 Å². The third-order valence-electron chi connectivity index (χ3n) is 5.46. The van der Waals surface area contributed by atoms with Crippen molar-refractivity contribution in [2.75, 3.05) is 19.8 Å². The van der Waals surface area contributed by atoms with Crippen molar-refractivity contribution in [2.24, 2.45) is 0 Å². The second-order valence-electron chi connectivity index (χ2n) is 7.40. The van der Waals surface area contributed by atoms with E-state index in [0.717, 1.165) is 30.6 Å². The molecule has 1 atom stereocenters. The Morgan fingerprint density at radius 1 is 1.14 bits per heavy atom. The number of sulfonamides is 1. The maximum atomic E-state index is 13.0. The first-order valence-corrected chi connectivity index (χ1v) is 11.5. The highest BCUT2D eigenvalue weighted by molar-refractivity contribution is 7.89. The molecule has 0 aliphatic carbocycles. The van der Waals surface area contributed by atoms with Gasteiger partial charge in [-0.2, -0.15) is 4.31 Å². The normalized spacial score (nSPS) is 19.4. The molecule has 2 aliphatic heterocycles. The molecule has 2 aromatic rings. The lowest BCUT2D eigenvalue weighted by Gasteiger charge is -2.33. The Morgan fingerprint density at radius 2 is 1.97 bits per heavy atom. The van der Waals surface area contributed by atoms with E-state index in [-0.39, 0.29) is 11.5 Å². The van der Waals surface area contributed by atoms with Crippen LogP contribution < -0.4 is 4.74 Å². The van der Waals surface area contributed by atoms with E-state index in [4.69, 9.17) is 9.47 Å². The van der Waals surface area contributed by atoms with Gasteiger partial charge < -0.3 is 9.47 Å². The van der Waals surface area contributed by atoms with Crippen LogP contribution in [0.3, 0.4) is 0 Å². The fourth-order valence-corrected chi connectivity index (χ4v) is 5.59. The zero-order chi connectivity index (χ0) is 20.3. The molecule has 7 heteroatoms. The highest BCUT2D eigenvalue weighted by Crippen LogP contribution is 2.27. The minimum Gasteiger partial charge on any atom is -0.493 e. The Hall–Kier alpha value is -2.38. The number of fused-ring (bicyclic) bond motifs is 1. The van der Waals surface area contributed by atoms with E-state index in [2.05, 4.69) is 6.07 Å². The van der Waals surface area contributed by atoms with Crippen LogP contribution in [0.4, 0.5) is 0 Å². The number of rotatable bonds is 6. The SMILES string of the molecule is O=C(OCCc1ccc2c(c1)CCO2)C1CCCCN1S(=O)(=O)c1ccccc1. The van der Waals surface area contributed by atoms with Crippen LogP contribution in [0.5, 0.6) is 5.75 Å². The van der Waals surface area contributed by atoms with E-state index in [9.17, 15) is 13.2 Å². The van der Waals surface area contributed by atoms with E-state index < -0.39 is 22.0 Å². The van der Waals surface area contributed by atoms with Crippen molar-refractivity contribution in [2.45, 2.75) is 43.0 Å². The van der Waals surface area contributed by atoms with Gasteiger partial charge in [0.2, 0.25) is 10.0 Å². The van der Waals surface area contributed by atoms with E-state index >= 15 is 0 Å². The molecule has 0 bridgehead atoms. The van der Waals surface area contributed by atoms with E-state index in [1.807, 2.05) is 12.1 Å². The molecule has 2 aliphatic rings. The summed E-state index contributed by atoms with van der Waals surface area (Å²) < 4.78 is 38.3. The molecule has 2 heterocycles. The highest BCUT2D eigenvalue weighted by atomic mass is 32.2. The van der Waals surface area contributed by atoms with Gasteiger partial charge in [0.05, 0.1) is 18.1 Å². The molecule has 0 aromatic heterocycles. The molecule has 0 N–H and O–H groups in total. The van der Waals surface area contributed by atoms with Crippen molar-refractivity contribution in [3.05, 3.63) is 59.7 Å². The standard InChI is InChI=1S/C22H25NO5S/c24-22(28-14-11-17-9-10-21-18(16-17)12-15-27-21)20-8-4-5-13-23(20)29(25,26)19-6-2-1-3-7-19/h1-3,6-7,9-10,16,20H,4-5,8,11-15H2. The quantitative estimate of drug-likeness (QED) is 0.679. The second kappa shape index (κ2) is 8.55. The van der Waals surface area contributed by atoms with Crippen LogP contribution in [-0.2, 0) is 32.4 Å². The average molecular weight is 416 g/mol. The summed E-state index contributed by atoms with van der Waals surface area (Å²) in [7, 11) is -3.72. The Kier molecular flexibility index (Phi) is 5.87. The monoisotopic (exact) mass is 415 g/mol. The van der Waals surface area contributed by atoms with Gasteiger partial charge >= 0.3 is 5.97 Å². The summed E-state index contributed by atoms with van der Waals surface area (Å²) in [6.45, 7) is 1.27. The van der Waals surface area contributed by atoms with Gasteiger partial charge in [0.1, 0.15) is 11.8 Å². The lowest BCUT2D eigenvalue weighted by Crippen LogP contribution is -2.48. The van der Waals surface area contributed by atoms with Crippen molar-refractivity contribution in [1.82, 2.24) is 4.31 Å². The molecule has 4 rings (SSSR count). The van der Waals surface area contributed by atoms with Crippen molar-refractivity contribution in [3.8, 4) is 5.75 Å². The largest absolute Gasteiger partial charge is 0.493 e. The molecule has 0 spiro atoms. The molecule has 1 fully saturated rings.